The van der Waals surface area contributed by atoms with Gasteiger partial charge in [-0.15, -0.1) is 0 Å². The quantitative estimate of drug-likeness (QED) is 0.653. The number of aromatic amines is 1. The van der Waals surface area contributed by atoms with Gasteiger partial charge >= 0.3 is 6.09 Å². The molecule has 3 N–H and O–H groups in total. The van der Waals surface area contributed by atoms with Crippen LogP contribution in [0.25, 0.3) is 11.0 Å². The molecule has 1 aliphatic rings. The molecule has 0 aliphatic carbocycles. The fourth-order valence-electron chi connectivity index (χ4n) is 4.09. The van der Waals surface area contributed by atoms with E-state index in [2.05, 4.69) is 53.1 Å². The first-order chi connectivity index (χ1) is 14.5. The number of hydrogen-bond acceptors (Lipinski definition) is 5. The maximum Gasteiger partial charge on any atom is 0.410 e. The highest BCUT2D eigenvalue weighted by Crippen LogP contribution is 2.31. The van der Waals surface area contributed by atoms with Gasteiger partial charge in [-0.3, -0.25) is 0 Å². The summed E-state index contributed by atoms with van der Waals surface area (Å²) in [5, 5.41) is 0. The van der Waals surface area contributed by atoms with Crippen molar-refractivity contribution in [1.29, 1.82) is 0 Å². The number of nitrogens with two attached hydrogens (primary N) is 1. The molecule has 0 radical (unpaired) electrons. The molecule has 1 saturated heterocycles. The number of imidazole rings is 1. The van der Waals surface area contributed by atoms with Gasteiger partial charge in [0.05, 0.1) is 5.52 Å². The van der Waals surface area contributed by atoms with E-state index in [0.29, 0.717) is 17.2 Å². The van der Waals surface area contributed by atoms with E-state index in [9.17, 15) is 4.79 Å². The predicted molar refractivity (Wildman–Crippen MR) is 119 cm³/mol. The van der Waals surface area contributed by atoms with Crippen molar-refractivity contribution in [3.05, 3.63) is 53.9 Å². The number of amides is 1. The largest absolute Gasteiger partial charge is 0.410 e. The van der Waals surface area contributed by atoms with Crippen molar-refractivity contribution in [2.75, 3.05) is 38.6 Å². The van der Waals surface area contributed by atoms with Crippen molar-refractivity contribution >= 4 is 22.8 Å². The number of H-pyrrole nitrogens is 1. The molecule has 0 spiro atoms. The Hall–Kier alpha value is -3.06. The molecule has 0 unspecified atom stereocenters. The predicted octanol–water partition coefficient (Wildman–Crippen LogP) is 3.51. The van der Waals surface area contributed by atoms with Gasteiger partial charge in [0.2, 0.25) is 0 Å². The van der Waals surface area contributed by atoms with Crippen LogP contribution in [0, 0.1) is 0 Å². The third-order valence-corrected chi connectivity index (χ3v) is 5.85. The number of para-hydroxylation sites is 1. The van der Waals surface area contributed by atoms with Gasteiger partial charge in [0.1, 0.15) is 11.3 Å². The van der Waals surface area contributed by atoms with Crippen molar-refractivity contribution in [3.8, 4) is 5.75 Å². The summed E-state index contributed by atoms with van der Waals surface area (Å²) >= 11 is 0. The highest BCUT2D eigenvalue weighted by Gasteiger charge is 2.23. The van der Waals surface area contributed by atoms with Gasteiger partial charge in [0, 0.05) is 32.2 Å². The third kappa shape index (κ3) is 4.57. The zero-order valence-corrected chi connectivity index (χ0v) is 17.6. The SMILES string of the molecule is CN(C)c1ccc(CCN2CCC(c3nc4c(OC(N)=O)cccc4[nH]3)CC2)cc1. The fraction of sp³-hybridized carbons (Fsp3) is 0.391. The number of ether oxygens (including phenoxy) is 1. The molecule has 1 amide bonds. The van der Waals surface area contributed by atoms with Gasteiger partial charge < -0.3 is 25.3 Å². The normalized spacial score (nSPS) is 15.4. The number of carbonyl (C=O) groups excluding carboxylic acids is 1. The fourth-order valence-corrected chi connectivity index (χ4v) is 4.09. The topological polar surface area (TPSA) is 87.5 Å². The van der Waals surface area contributed by atoms with Crippen LogP contribution >= 0.6 is 0 Å². The van der Waals surface area contributed by atoms with Crippen LogP contribution in [0.2, 0.25) is 0 Å². The molecule has 3 aromatic rings. The van der Waals surface area contributed by atoms with Crippen molar-refractivity contribution in [2.24, 2.45) is 5.73 Å². The zero-order chi connectivity index (χ0) is 21.1. The lowest BCUT2D eigenvalue weighted by Crippen LogP contribution is -2.34. The van der Waals surface area contributed by atoms with Gasteiger partial charge in [0.25, 0.3) is 0 Å². The van der Waals surface area contributed by atoms with Crippen molar-refractivity contribution in [1.82, 2.24) is 14.9 Å². The maximum absolute atomic E-state index is 11.1. The molecule has 0 bridgehead atoms. The summed E-state index contributed by atoms with van der Waals surface area (Å²) < 4.78 is 5.09. The van der Waals surface area contributed by atoms with Gasteiger partial charge in [-0.1, -0.05) is 18.2 Å². The molecule has 158 valence electrons. The van der Waals surface area contributed by atoms with Crippen LogP contribution < -0.4 is 15.4 Å². The second kappa shape index (κ2) is 8.75. The van der Waals surface area contributed by atoms with Gasteiger partial charge in [-0.25, -0.2) is 9.78 Å². The molecule has 1 aromatic heterocycles. The molecule has 1 aliphatic heterocycles. The number of likely N-dealkylation sites (tertiary alicyclic amines) is 1. The Kier molecular flexibility index (Phi) is 5.90. The van der Waals surface area contributed by atoms with E-state index >= 15 is 0 Å². The zero-order valence-electron chi connectivity index (χ0n) is 17.6. The summed E-state index contributed by atoms with van der Waals surface area (Å²) in [6, 6.07) is 14.3. The van der Waals surface area contributed by atoms with E-state index < -0.39 is 6.09 Å². The van der Waals surface area contributed by atoms with Crippen LogP contribution in [-0.2, 0) is 6.42 Å². The van der Waals surface area contributed by atoms with Gasteiger partial charge in [0.15, 0.2) is 5.75 Å². The first kappa shape index (κ1) is 20.2. The monoisotopic (exact) mass is 407 g/mol. The van der Waals surface area contributed by atoms with E-state index in [1.807, 2.05) is 12.1 Å². The Morgan fingerprint density at radius 1 is 1.20 bits per heavy atom. The number of aromatic nitrogens is 2. The molecular weight excluding hydrogens is 378 g/mol. The number of carbonyl (C=O) groups is 1. The second-order valence-corrected chi connectivity index (χ2v) is 8.12. The van der Waals surface area contributed by atoms with E-state index in [0.717, 1.165) is 50.2 Å². The highest BCUT2D eigenvalue weighted by molar-refractivity contribution is 5.84. The lowest BCUT2D eigenvalue weighted by atomic mass is 9.96. The van der Waals surface area contributed by atoms with E-state index in [1.165, 1.54) is 11.3 Å². The number of rotatable bonds is 6. The van der Waals surface area contributed by atoms with Gasteiger partial charge in [-0.05, 0) is 62.2 Å². The molecule has 7 heteroatoms. The highest BCUT2D eigenvalue weighted by atomic mass is 16.5. The number of nitrogens with one attached hydrogen (secondary N) is 1. The van der Waals surface area contributed by atoms with Crippen molar-refractivity contribution in [3.63, 3.8) is 0 Å². The van der Waals surface area contributed by atoms with E-state index in [1.54, 1.807) is 6.07 Å². The molecule has 2 heterocycles. The molecule has 0 saturated carbocycles. The Morgan fingerprint density at radius 2 is 1.93 bits per heavy atom. The lowest BCUT2D eigenvalue weighted by Gasteiger charge is -2.31. The number of benzene rings is 2. The molecule has 2 aromatic carbocycles. The minimum absolute atomic E-state index is 0.384. The number of fused-ring (bicyclic) bond motifs is 1. The Balaban J connectivity index is 1.33. The summed E-state index contributed by atoms with van der Waals surface area (Å²) in [6.45, 7) is 3.19. The maximum atomic E-state index is 11.1. The smallest absolute Gasteiger partial charge is 0.408 e. The number of piperidine rings is 1. The summed E-state index contributed by atoms with van der Waals surface area (Å²) in [4.78, 5) is 23.9. The summed E-state index contributed by atoms with van der Waals surface area (Å²) in [5.41, 5.74) is 9.30. The Labute approximate surface area is 176 Å². The average Bonchev–Trinajstić information content (AvgIpc) is 3.18. The average molecular weight is 408 g/mol. The number of nitrogens with zero attached hydrogens (tertiary/aromatic N) is 3. The van der Waals surface area contributed by atoms with E-state index in [4.69, 9.17) is 15.5 Å². The molecule has 30 heavy (non-hydrogen) atoms. The standard InChI is InChI=1S/C23H29N5O2/c1-27(2)18-8-6-16(7-9-18)10-13-28-14-11-17(12-15-28)22-25-19-4-3-5-20(21(19)26-22)30-23(24)29/h3-9,17H,10-15H2,1-2H3,(H2,24,29)(H,25,26). The molecule has 7 nitrogen and oxygen atoms in total. The summed E-state index contributed by atoms with van der Waals surface area (Å²) in [6.07, 6.45) is 2.37. The molecular formula is C23H29N5O2. The van der Waals surface area contributed by atoms with Crippen LogP contribution in [-0.4, -0.2) is 54.7 Å². The van der Waals surface area contributed by atoms with Crippen LogP contribution in [0.4, 0.5) is 10.5 Å². The third-order valence-electron chi connectivity index (χ3n) is 5.85. The number of hydrogen-bond donors (Lipinski definition) is 2. The molecule has 4 rings (SSSR count). The summed E-state index contributed by atoms with van der Waals surface area (Å²) in [5.74, 6) is 1.75. The van der Waals surface area contributed by atoms with E-state index in [-0.39, 0.29) is 0 Å². The van der Waals surface area contributed by atoms with Gasteiger partial charge in [-0.2, -0.15) is 0 Å². The van der Waals surface area contributed by atoms with Crippen LogP contribution in [0.3, 0.4) is 0 Å². The van der Waals surface area contributed by atoms with Crippen molar-refractivity contribution < 1.29 is 9.53 Å². The Bertz CT molecular complexity index is 1000. The minimum atomic E-state index is -0.822. The lowest BCUT2D eigenvalue weighted by molar-refractivity contribution is 0.211. The number of anilines is 1. The van der Waals surface area contributed by atoms with Crippen LogP contribution in [0.1, 0.15) is 30.1 Å². The minimum Gasteiger partial charge on any atom is -0.408 e. The number of primary amides is 1. The van der Waals surface area contributed by atoms with Crippen molar-refractivity contribution in [2.45, 2.75) is 25.2 Å². The van der Waals surface area contributed by atoms with Crippen LogP contribution in [0.5, 0.6) is 5.75 Å². The molecule has 0 atom stereocenters. The molecule has 1 fully saturated rings. The first-order valence-corrected chi connectivity index (χ1v) is 10.4. The summed E-state index contributed by atoms with van der Waals surface area (Å²) in [7, 11) is 4.12. The second-order valence-electron chi connectivity index (χ2n) is 8.12. The van der Waals surface area contributed by atoms with Crippen LogP contribution in [0.15, 0.2) is 42.5 Å². The Morgan fingerprint density at radius 3 is 2.60 bits per heavy atom. The first-order valence-electron chi connectivity index (χ1n) is 10.4.